The van der Waals surface area contributed by atoms with Crippen molar-refractivity contribution in [3.63, 3.8) is 0 Å². The van der Waals surface area contributed by atoms with Crippen LogP contribution in [0.4, 0.5) is 0 Å². The number of hydrogen-bond donors (Lipinski definition) is 0. The van der Waals surface area contributed by atoms with E-state index in [9.17, 15) is 5.26 Å². The highest BCUT2D eigenvalue weighted by Gasteiger charge is 2.21. The normalized spacial score (nSPS) is 11.4. The summed E-state index contributed by atoms with van der Waals surface area (Å²) in [6.45, 7) is 0. The van der Waals surface area contributed by atoms with Crippen LogP contribution < -0.4 is 0 Å². The minimum atomic E-state index is 0.575. The minimum Gasteiger partial charge on any atom is -0.309 e. The van der Waals surface area contributed by atoms with Crippen molar-refractivity contribution in [2.45, 2.75) is 0 Å². The Bertz CT molecular complexity index is 3710. The Kier molecular flexibility index (Phi) is 8.77. The monoisotopic (exact) mass is 816 g/mol. The van der Waals surface area contributed by atoms with Crippen molar-refractivity contribution in [3.05, 3.63) is 224 Å². The van der Waals surface area contributed by atoms with E-state index >= 15 is 0 Å². The van der Waals surface area contributed by atoms with E-state index in [0.717, 1.165) is 83.2 Å². The van der Waals surface area contributed by atoms with Gasteiger partial charge in [-0.2, -0.15) is 5.26 Å². The number of rotatable bonds is 7. The smallest absolute Gasteiger partial charge is 0.166 e. The second-order valence-corrected chi connectivity index (χ2v) is 16.0. The molecule has 64 heavy (non-hydrogen) atoms. The number of fused-ring (bicyclic) bond motifs is 6. The summed E-state index contributed by atoms with van der Waals surface area (Å²) in [4.78, 5) is 15.7. The molecule has 0 saturated carbocycles. The number of para-hydroxylation sites is 3. The zero-order chi connectivity index (χ0) is 42.6. The van der Waals surface area contributed by atoms with Crippen LogP contribution in [0.3, 0.4) is 0 Å². The Morgan fingerprint density at radius 2 is 0.766 bits per heavy atom. The van der Waals surface area contributed by atoms with Crippen molar-refractivity contribution >= 4 is 43.6 Å². The van der Waals surface area contributed by atoms with Crippen molar-refractivity contribution in [1.29, 1.82) is 5.26 Å². The van der Waals surface area contributed by atoms with Crippen molar-refractivity contribution in [1.82, 2.24) is 24.1 Å². The highest BCUT2D eigenvalue weighted by molar-refractivity contribution is 6.12. The summed E-state index contributed by atoms with van der Waals surface area (Å²) in [5, 5.41) is 14.1. The van der Waals surface area contributed by atoms with Crippen LogP contribution in [0.25, 0.3) is 111 Å². The Morgan fingerprint density at radius 1 is 0.328 bits per heavy atom. The summed E-state index contributed by atoms with van der Waals surface area (Å²) in [6, 6.07) is 78.2. The third-order valence-electron chi connectivity index (χ3n) is 12.2. The Labute approximate surface area is 369 Å². The Balaban J connectivity index is 1.11. The zero-order valence-corrected chi connectivity index (χ0v) is 34.5. The molecule has 6 heteroatoms. The zero-order valence-electron chi connectivity index (χ0n) is 34.5. The van der Waals surface area contributed by atoms with E-state index in [1.807, 2.05) is 84.9 Å². The highest BCUT2D eigenvalue weighted by Crippen LogP contribution is 2.41. The molecule has 0 N–H and O–H groups in total. The van der Waals surface area contributed by atoms with Crippen LogP contribution in [0.1, 0.15) is 5.56 Å². The molecular formula is C58H36N6. The maximum absolute atomic E-state index is 9.46. The van der Waals surface area contributed by atoms with Gasteiger partial charge in [-0.15, -0.1) is 0 Å². The van der Waals surface area contributed by atoms with Gasteiger partial charge in [0.15, 0.2) is 17.5 Å². The van der Waals surface area contributed by atoms with Crippen LogP contribution in [-0.4, -0.2) is 24.1 Å². The van der Waals surface area contributed by atoms with E-state index in [4.69, 9.17) is 15.0 Å². The molecule has 9 aromatic carbocycles. The largest absolute Gasteiger partial charge is 0.309 e. The molecule has 0 amide bonds. The van der Waals surface area contributed by atoms with Crippen LogP contribution in [-0.2, 0) is 0 Å². The van der Waals surface area contributed by atoms with Crippen LogP contribution >= 0.6 is 0 Å². The van der Waals surface area contributed by atoms with Crippen LogP contribution in [0.5, 0.6) is 0 Å². The number of nitrogens with zero attached hydrogens (tertiary/aromatic N) is 6. The Morgan fingerprint density at radius 3 is 1.36 bits per heavy atom. The summed E-state index contributed by atoms with van der Waals surface area (Å²) in [5.74, 6) is 1.78. The Hall–Kier alpha value is -8.92. The molecule has 0 atom stereocenters. The molecule has 3 aromatic heterocycles. The number of nitriles is 1. The van der Waals surface area contributed by atoms with Crippen molar-refractivity contribution in [2.24, 2.45) is 0 Å². The van der Waals surface area contributed by atoms with E-state index in [1.165, 1.54) is 10.8 Å². The predicted molar refractivity (Wildman–Crippen MR) is 260 cm³/mol. The average molecular weight is 817 g/mol. The molecule has 0 radical (unpaired) electrons. The third kappa shape index (κ3) is 6.22. The molecule has 0 aliphatic carbocycles. The van der Waals surface area contributed by atoms with E-state index in [0.29, 0.717) is 23.0 Å². The summed E-state index contributed by atoms with van der Waals surface area (Å²) in [6.07, 6.45) is 0. The first-order valence-corrected chi connectivity index (χ1v) is 21.3. The molecule has 12 rings (SSSR count). The molecule has 298 valence electrons. The summed E-state index contributed by atoms with van der Waals surface area (Å²) in [7, 11) is 0. The fourth-order valence-electron chi connectivity index (χ4n) is 9.18. The fraction of sp³-hybridized carbons (Fsp3) is 0. The van der Waals surface area contributed by atoms with Gasteiger partial charge in [0.05, 0.1) is 39.4 Å². The molecule has 6 nitrogen and oxygen atoms in total. The molecule has 0 saturated heterocycles. The fourth-order valence-corrected chi connectivity index (χ4v) is 9.18. The van der Waals surface area contributed by atoms with Crippen molar-refractivity contribution < 1.29 is 0 Å². The lowest BCUT2D eigenvalue weighted by Crippen LogP contribution is -2.04. The van der Waals surface area contributed by atoms with Crippen molar-refractivity contribution in [2.75, 3.05) is 0 Å². The molecule has 0 spiro atoms. The summed E-state index contributed by atoms with van der Waals surface area (Å²) < 4.78 is 4.69. The van der Waals surface area contributed by atoms with Gasteiger partial charge in [0, 0.05) is 43.9 Å². The van der Waals surface area contributed by atoms with Gasteiger partial charge in [-0.1, -0.05) is 146 Å². The average Bonchev–Trinajstić information content (AvgIpc) is 3.89. The quantitative estimate of drug-likeness (QED) is 0.161. The maximum Gasteiger partial charge on any atom is 0.166 e. The first kappa shape index (κ1) is 36.9. The van der Waals surface area contributed by atoms with Gasteiger partial charge in [0.1, 0.15) is 0 Å². The van der Waals surface area contributed by atoms with Gasteiger partial charge in [-0.3, -0.25) is 0 Å². The summed E-state index contributed by atoms with van der Waals surface area (Å²) >= 11 is 0. The predicted octanol–water partition coefficient (Wildman–Crippen LogP) is 14.3. The van der Waals surface area contributed by atoms with E-state index in [2.05, 4.69) is 149 Å². The molecule has 3 heterocycles. The van der Waals surface area contributed by atoms with E-state index in [1.54, 1.807) is 0 Å². The van der Waals surface area contributed by atoms with Gasteiger partial charge in [-0.25, -0.2) is 15.0 Å². The molecule has 0 aliphatic heterocycles. The van der Waals surface area contributed by atoms with Gasteiger partial charge in [-0.05, 0) is 95.1 Å². The molecule has 0 unspecified atom stereocenters. The lowest BCUT2D eigenvalue weighted by molar-refractivity contribution is 1.06. The molecule has 12 aromatic rings. The number of aromatic nitrogens is 5. The van der Waals surface area contributed by atoms with Crippen LogP contribution in [0, 0.1) is 11.3 Å². The van der Waals surface area contributed by atoms with Crippen molar-refractivity contribution in [3.8, 4) is 73.9 Å². The second-order valence-electron chi connectivity index (χ2n) is 16.0. The lowest BCUT2D eigenvalue weighted by atomic mass is 9.99. The minimum absolute atomic E-state index is 0.575. The molecule has 0 aliphatic rings. The SMILES string of the molecule is N#Cc1ccc(-c2ccc3c(c2)c2ccccc2n3-c2ccc(-c3ccc4c(c3)c3ccccc3n4-c3ccccc3)cc2-c2nc(-c3ccccc3)nc(-c3ccccc3)n2)cc1. The molecular weight excluding hydrogens is 781 g/mol. The molecule has 0 bridgehead atoms. The van der Waals surface area contributed by atoms with Gasteiger partial charge in [0.2, 0.25) is 0 Å². The first-order valence-electron chi connectivity index (χ1n) is 21.3. The highest BCUT2D eigenvalue weighted by atomic mass is 15.1. The van der Waals surface area contributed by atoms with Crippen LogP contribution in [0.2, 0.25) is 0 Å². The first-order chi connectivity index (χ1) is 31.7. The van der Waals surface area contributed by atoms with Crippen LogP contribution in [0.15, 0.2) is 218 Å². The van der Waals surface area contributed by atoms with Gasteiger partial charge < -0.3 is 9.13 Å². The lowest BCUT2D eigenvalue weighted by Gasteiger charge is -2.16. The van der Waals surface area contributed by atoms with E-state index in [-0.39, 0.29) is 0 Å². The third-order valence-corrected chi connectivity index (χ3v) is 12.2. The second kappa shape index (κ2) is 15.2. The molecule has 0 fully saturated rings. The van der Waals surface area contributed by atoms with E-state index < -0.39 is 0 Å². The summed E-state index contributed by atoms with van der Waals surface area (Å²) in [5.41, 5.74) is 14.1. The van der Waals surface area contributed by atoms with Gasteiger partial charge >= 0.3 is 0 Å². The number of benzene rings is 9. The topological polar surface area (TPSA) is 72.3 Å². The standard InChI is InChI=1S/C58H36N6/c59-37-38-24-26-39(27-25-38)42-28-32-54-49(34-42)47-21-11-13-23-52(47)64(54)55-33-30-44(43-29-31-53-48(35-43)46-20-10-12-22-51(46)63(53)45-18-8-3-9-19-45)36-50(55)58-61-56(40-14-4-1-5-15-40)60-57(62-58)41-16-6-2-7-17-41/h1-36H. The van der Waals surface area contributed by atoms with Gasteiger partial charge in [0.25, 0.3) is 0 Å². The number of hydrogen-bond acceptors (Lipinski definition) is 4. The maximum atomic E-state index is 9.46.